The normalized spacial score (nSPS) is 19.2. The molecule has 0 fully saturated rings. The highest BCUT2D eigenvalue weighted by Crippen LogP contribution is 2.46. The van der Waals surface area contributed by atoms with E-state index in [0.29, 0.717) is 0 Å². The van der Waals surface area contributed by atoms with Gasteiger partial charge in [0.15, 0.2) is 0 Å². The SMILES string of the molecule is CC1=C(C)C(c2c(-c3ccccc3)n(C)c3ccccc23)N(CCC2=CCCCC2)C1=O. The summed E-state index contributed by atoms with van der Waals surface area (Å²) in [6.45, 7) is 4.92. The zero-order chi connectivity index (χ0) is 22.2. The summed E-state index contributed by atoms with van der Waals surface area (Å²) < 4.78 is 2.30. The van der Waals surface area contributed by atoms with Crippen LogP contribution in [0.5, 0.6) is 0 Å². The average molecular weight is 425 g/mol. The van der Waals surface area contributed by atoms with E-state index in [4.69, 9.17) is 0 Å². The molecule has 0 radical (unpaired) electrons. The lowest BCUT2D eigenvalue weighted by Gasteiger charge is -2.29. The number of para-hydroxylation sites is 1. The highest BCUT2D eigenvalue weighted by Gasteiger charge is 2.39. The van der Waals surface area contributed by atoms with Crippen LogP contribution in [0.15, 0.2) is 77.4 Å². The van der Waals surface area contributed by atoms with Crippen molar-refractivity contribution in [2.24, 2.45) is 7.05 Å². The molecule has 0 bridgehead atoms. The molecule has 0 spiro atoms. The molecule has 32 heavy (non-hydrogen) atoms. The first-order valence-corrected chi connectivity index (χ1v) is 11.9. The van der Waals surface area contributed by atoms with E-state index < -0.39 is 0 Å². The van der Waals surface area contributed by atoms with E-state index in [9.17, 15) is 4.79 Å². The van der Waals surface area contributed by atoms with Crippen LogP contribution in [0, 0.1) is 0 Å². The summed E-state index contributed by atoms with van der Waals surface area (Å²) in [5.74, 6) is 0.191. The zero-order valence-corrected chi connectivity index (χ0v) is 19.4. The second-order valence-electron chi connectivity index (χ2n) is 9.27. The number of aryl methyl sites for hydroxylation is 1. The Morgan fingerprint density at radius 2 is 1.72 bits per heavy atom. The molecule has 3 heteroatoms. The van der Waals surface area contributed by atoms with Crippen LogP contribution in [0.2, 0.25) is 0 Å². The number of carbonyl (C=O) groups excluding carboxylic acids is 1. The van der Waals surface area contributed by atoms with Crippen LogP contribution in [0.3, 0.4) is 0 Å². The summed E-state index contributed by atoms with van der Waals surface area (Å²) in [5.41, 5.74) is 8.48. The molecule has 2 heterocycles. The molecule has 0 N–H and O–H groups in total. The molecule has 1 atom stereocenters. The first kappa shape index (κ1) is 20.8. The van der Waals surface area contributed by atoms with Crippen LogP contribution in [0.1, 0.15) is 57.6 Å². The van der Waals surface area contributed by atoms with Gasteiger partial charge >= 0.3 is 0 Å². The zero-order valence-electron chi connectivity index (χ0n) is 19.4. The van der Waals surface area contributed by atoms with Gasteiger partial charge in [0.2, 0.25) is 5.91 Å². The molecule has 3 aromatic rings. The number of nitrogens with zero attached hydrogens (tertiary/aromatic N) is 2. The van der Waals surface area contributed by atoms with Crippen molar-refractivity contribution in [3.63, 3.8) is 0 Å². The molecule has 1 unspecified atom stereocenters. The number of hydrogen-bond donors (Lipinski definition) is 0. The molecular formula is C29H32N2O. The second kappa shape index (κ2) is 8.46. The van der Waals surface area contributed by atoms with Crippen molar-refractivity contribution in [1.29, 1.82) is 0 Å². The molecule has 1 aromatic heterocycles. The molecule has 164 valence electrons. The standard InChI is InChI=1S/C29H32N2O/c1-20-21(2)29(32)31(19-18-22-12-6-4-7-13-22)27(20)26-24-16-10-11-17-25(24)30(3)28(26)23-14-8-5-9-15-23/h5,8-12,14-17,27H,4,6-7,13,18-19H2,1-3H3. The Balaban J connectivity index is 1.65. The first-order chi connectivity index (χ1) is 15.6. The quantitative estimate of drug-likeness (QED) is 0.407. The minimum Gasteiger partial charge on any atom is -0.343 e. The summed E-state index contributed by atoms with van der Waals surface area (Å²) in [6, 6.07) is 19.2. The molecule has 5 rings (SSSR count). The molecule has 0 saturated carbocycles. The number of hydrogen-bond acceptors (Lipinski definition) is 1. The van der Waals surface area contributed by atoms with E-state index in [-0.39, 0.29) is 11.9 Å². The monoisotopic (exact) mass is 424 g/mol. The number of amides is 1. The topological polar surface area (TPSA) is 25.2 Å². The fraction of sp³-hybridized carbons (Fsp3) is 0.345. The minimum atomic E-state index is -0.0204. The molecule has 2 aliphatic rings. The predicted octanol–water partition coefficient (Wildman–Crippen LogP) is 6.96. The molecule has 0 saturated heterocycles. The number of benzene rings is 2. The number of rotatable bonds is 5. The van der Waals surface area contributed by atoms with E-state index in [2.05, 4.69) is 84.1 Å². The lowest BCUT2D eigenvalue weighted by molar-refractivity contribution is -0.127. The highest BCUT2D eigenvalue weighted by atomic mass is 16.2. The van der Waals surface area contributed by atoms with Crippen molar-refractivity contribution in [1.82, 2.24) is 9.47 Å². The third-order valence-electron chi connectivity index (χ3n) is 7.42. The smallest absolute Gasteiger partial charge is 0.250 e. The molecule has 3 nitrogen and oxygen atoms in total. The Morgan fingerprint density at radius 1 is 0.969 bits per heavy atom. The summed E-state index contributed by atoms with van der Waals surface area (Å²) in [7, 11) is 2.15. The van der Waals surface area contributed by atoms with Crippen molar-refractivity contribution >= 4 is 16.8 Å². The van der Waals surface area contributed by atoms with E-state index >= 15 is 0 Å². The fourth-order valence-corrected chi connectivity index (χ4v) is 5.58. The highest BCUT2D eigenvalue weighted by molar-refractivity contribution is 6.00. The Labute approximate surface area is 191 Å². The number of aromatic nitrogens is 1. The molecule has 2 aromatic carbocycles. The van der Waals surface area contributed by atoms with Crippen LogP contribution in [0.25, 0.3) is 22.2 Å². The van der Waals surface area contributed by atoms with Gasteiger partial charge in [-0.25, -0.2) is 0 Å². The Morgan fingerprint density at radius 3 is 2.47 bits per heavy atom. The maximum atomic E-state index is 13.4. The predicted molar refractivity (Wildman–Crippen MR) is 132 cm³/mol. The van der Waals surface area contributed by atoms with Crippen molar-refractivity contribution in [3.8, 4) is 11.3 Å². The molecule has 1 amide bonds. The summed E-state index contributed by atoms with van der Waals surface area (Å²) in [6.07, 6.45) is 8.33. The van der Waals surface area contributed by atoms with E-state index in [1.54, 1.807) is 0 Å². The van der Waals surface area contributed by atoms with Gasteiger partial charge in [-0.05, 0) is 63.2 Å². The van der Waals surface area contributed by atoms with Gasteiger partial charge < -0.3 is 9.47 Å². The number of carbonyl (C=O) groups is 1. The van der Waals surface area contributed by atoms with Crippen LogP contribution in [-0.4, -0.2) is 21.9 Å². The van der Waals surface area contributed by atoms with Crippen molar-refractivity contribution in [2.45, 2.75) is 52.0 Å². The largest absolute Gasteiger partial charge is 0.343 e. The Hall–Kier alpha value is -3.07. The van der Waals surface area contributed by atoms with E-state index in [1.165, 1.54) is 64.6 Å². The molecular weight excluding hydrogens is 392 g/mol. The molecule has 1 aliphatic heterocycles. The van der Waals surface area contributed by atoms with Gasteiger partial charge in [0, 0.05) is 35.6 Å². The third kappa shape index (κ3) is 3.40. The van der Waals surface area contributed by atoms with Gasteiger partial charge in [-0.2, -0.15) is 0 Å². The van der Waals surface area contributed by atoms with Crippen LogP contribution in [0.4, 0.5) is 0 Å². The summed E-state index contributed by atoms with van der Waals surface area (Å²) in [4.78, 5) is 15.5. The van der Waals surface area contributed by atoms with Crippen molar-refractivity contribution in [3.05, 3.63) is 83.0 Å². The van der Waals surface area contributed by atoms with Gasteiger partial charge in [-0.15, -0.1) is 0 Å². The van der Waals surface area contributed by atoms with Gasteiger partial charge in [0.05, 0.1) is 11.7 Å². The number of allylic oxidation sites excluding steroid dienone is 1. The van der Waals surface area contributed by atoms with Crippen molar-refractivity contribution < 1.29 is 4.79 Å². The van der Waals surface area contributed by atoms with Gasteiger partial charge in [-0.3, -0.25) is 4.79 Å². The molecule has 1 aliphatic carbocycles. The average Bonchev–Trinajstić information content (AvgIpc) is 3.24. The third-order valence-corrected chi connectivity index (χ3v) is 7.42. The van der Waals surface area contributed by atoms with Gasteiger partial charge in [0.1, 0.15) is 0 Å². The fourth-order valence-electron chi connectivity index (χ4n) is 5.58. The minimum absolute atomic E-state index is 0.0204. The summed E-state index contributed by atoms with van der Waals surface area (Å²) in [5, 5.41) is 1.24. The lowest BCUT2D eigenvalue weighted by Crippen LogP contribution is -2.31. The number of fused-ring (bicyclic) bond motifs is 1. The van der Waals surface area contributed by atoms with E-state index in [1.807, 2.05) is 6.92 Å². The van der Waals surface area contributed by atoms with Gasteiger partial charge in [-0.1, -0.05) is 60.2 Å². The van der Waals surface area contributed by atoms with Crippen molar-refractivity contribution in [2.75, 3.05) is 6.54 Å². The Bertz CT molecular complexity index is 1230. The maximum absolute atomic E-state index is 13.4. The Kier molecular flexibility index (Phi) is 5.50. The first-order valence-electron chi connectivity index (χ1n) is 11.9. The van der Waals surface area contributed by atoms with Crippen LogP contribution in [-0.2, 0) is 11.8 Å². The van der Waals surface area contributed by atoms with Crippen LogP contribution < -0.4 is 0 Å². The van der Waals surface area contributed by atoms with Crippen LogP contribution >= 0.6 is 0 Å². The maximum Gasteiger partial charge on any atom is 0.250 e. The van der Waals surface area contributed by atoms with Gasteiger partial charge in [0.25, 0.3) is 0 Å². The lowest BCUT2D eigenvalue weighted by atomic mass is 9.93. The summed E-state index contributed by atoms with van der Waals surface area (Å²) >= 11 is 0. The second-order valence-corrected chi connectivity index (χ2v) is 9.27. The van der Waals surface area contributed by atoms with E-state index in [0.717, 1.165) is 18.5 Å².